The largest absolute Gasteiger partial charge is 0.397 e. The maximum absolute atomic E-state index is 12.5. The zero-order chi connectivity index (χ0) is 15.1. The van der Waals surface area contributed by atoms with E-state index in [0.29, 0.717) is 23.2 Å². The normalized spacial score (nSPS) is 11.1. The van der Waals surface area contributed by atoms with Crippen LogP contribution >= 0.6 is 0 Å². The van der Waals surface area contributed by atoms with Gasteiger partial charge in [0.25, 0.3) is 5.91 Å². The monoisotopic (exact) mass is 277 g/mol. The molecule has 0 aliphatic carbocycles. The molecule has 0 spiro atoms. The molecule has 20 heavy (non-hydrogen) atoms. The molecule has 0 aliphatic heterocycles. The Bertz CT molecular complexity index is 400. The van der Waals surface area contributed by atoms with Gasteiger partial charge in [-0.25, -0.2) is 4.98 Å². The zero-order valence-corrected chi connectivity index (χ0v) is 13.1. The molecule has 2 N–H and O–H groups in total. The molecular formula is C16H27N3O. The lowest BCUT2D eigenvalue weighted by molar-refractivity contribution is 0.0735. The smallest absolute Gasteiger partial charge is 0.272 e. The Balaban J connectivity index is 2.74. The van der Waals surface area contributed by atoms with E-state index in [9.17, 15) is 4.79 Å². The van der Waals surface area contributed by atoms with Gasteiger partial charge < -0.3 is 10.6 Å². The first-order valence-electron chi connectivity index (χ1n) is 7.41. The van der Waals surface area contributed by atoms with Gasteiger partial charge >= 0.3 is 0 Å². The van der Waals surface area contributed by atoms with Crippen molar-refractivity contribution in [1.29, 1.82) is 0 Å². The second-order valence-electron chi connectivity index (χ2n) is 6.13. The van der Waals surface area contributed by atoms with Gasteiger partial charge in [-0.05, 0) is 36.8 Å². The van der Waals surface area contributed by atoms with E-state index in [2.05, 4.69) is 32.7 Å². The third-order valence-electron chi connectivity index (χ3n) is 3.25. The van der Waals surface area contributed by atoms with Crippen LogP contribution in [0.2, 0.25) is 0 Å². The predicted molar refractivity (Wildman–Crippen MR) is 83.5 cm³/mol. The minimum atomic E-state index is 0.00583. The van der Waals surface area contributed by atoms with Crippen molar-refractivity contribution in [2.24, 2.45) is 11.8 Å². The summed E-state index contributed by atoms with van der Waals surface area (Å²) in [6.07, 6.45) is 3.56. The molecule has 4 heteroatoms. The van der Waals surface area contributed by atoms with Crippen LogP contribution in [0.3, 0.4) is 0 Å². The van der Waals surface area contributed by atoms with Crippen LogP contribution in [-0.2, 0) is 0 Å². The summed E-state index contributed by atoms with van der Waals surface area (Å²) in [5, 5.41) is 0. The average molecular weight is 277 g/mol. The molecular weight excluding hydrogens is 250 g/mol. The fraction of sp³-hybridized carbons (Fsp3) is 0.625. The Morgan fingerprint density at radius 2 is 1.70 bits per heavy atom. The second kappa shape index (κ2) is 7.88. The first kappa shape index (κ1) is 16.5. The van der Waals surface area contributed by atoms with Crippen molar-refractivity contribution in [3.8, 4) is 0 Å². The summed E-state index contributed by atoms with van der Waals surface area (Å²) < 4.78 is 0. The van der Waals surface area contributed by atoms with Gasteiger partial charge in [0.15, 0.2) is 0 Å². The van der Waals surface area contributed by atoms with Crippen molar-refractivity contribution >= 4 is 11.6 Å². The van der Waals surface area contributed by atoms with Crippen molar-refractivity contribution in [3.63, 3.8) is 0 Å². The summed E-state index contributed by atoms with van der Waals surface area (Å²) in [5.41, 5.74) is 6.67. The maximum atomic E-state index is 12.5. The van der Waals surface area contributed by atoms with Gasteiger partial charge in [-0.15, -0.1) is 0 Å². The van der Waals surface area contributed by atoms with Gasteiger partial charge in [-0.2, -0.15) is 0 Å². The number of hydrogen-bond acceptors (Lipinski definition) is 3. The number of carbonyl (C=O) groups excluding carboxylic acids is 1. The molecule has 0 saturated heterocycles. The average Bonchev–Trinajstić information content (AvgIpc) is 2.38. The van der Waals surface area contributed by atoms with Crippen LogP contribution in [0.25, 0.3) is 0 Å². The second-order valence-corrected chi connectivity index (χ2v) is 6.13. The Labute approximate surface area is 122 Å². The van der Waals surface area contributed by atoms with Gasteiger partial charge in [0.05, 0.1) is 11.9 Å². The van der Waals surface area contributed by atoms with Crippen LogP contribution in [0.15, 0.2) is 18.3 Å². The number of carbonyl (C=O) groups is 1. The number of hydrogen-bond donors (Lipinski definition) is 1. The Hall–Kier alpha value is -1.58. The van der Waals surface area contributed by atoms with E-state index in [0.717, 1.165) is 25.9 Å². The van der Waals surface area contributed by atoms with Gasteiger partial charge in [0.1, 0.15) is 5.69 Å². The number of amides is 1. The van der Waals surface area contributed by atoms with E-state index < -0.39 is 0 Å². The Morgan fingerprint density at radius 1 is 1.15 bits per heavy atom. The molecule has 1 amide bonds. The van der Waals surface area contributed by atoms with E-state index >= 15 is 0 Å². The molecule has 0 fully saturated rings. The van der Waals surface area contributed by atoms with E-state index in [1.54, 1.807) is 12.1 Å². The molecule has 0 atom stereocenters. The number of nitrogens with two attached hydrogens (primary N) is 1. The molecule has 0 aromatic carbocycles. The predicted octanol–water partition coefficient (Wildman–Crippen LogP) is 3.20. The first-order valence-corrected chi connectivity index (χ1v) is 7.41. The number of nitrogens with zero attached hydrogens (tertiary/aromatic N) is 2. The van der Waals surface area contributed by atoms with Gasteiger partial charge in [-0.3, -0.25) is 4.79 Å². The van der Waals surface area contributed by atoms with Crippen molar-refractivity contribution in [2.45, 2.75) is 40.5 Å². The maximum Gasteiger partial charge on any atom is 0.272 e. The Kier molecular flexibility index (Phi) is 6.49. The SMILES string of the molecule is CC(C)CCN(CCC(C)C)C(=O)c1ccc(N)cn1. The van der Waals surface area contributed by atoms with Crippen LogP contribution in [0.1, 0.15) is 51.0 Å². The summed E-state index contributed by atoms with van der Waals surface area (Å²) in [6, 6.07) is 3.43. The highest BCUT2D eigenvalue weighted by molar-refractivity contribution is 5.92. The third kappa shape index (κ3) is 5.59. The molecule has 112 valence electrons. The van der Waals surface area contributed by atoms with Crippen LogP contribution in [0.4, 0.5) is 5.69 Å². The summed E-state index contributed by atoms with van der Waals surface area (Å²) in [4.78, 5) is 18.6. The molecule has 1 heterocycles. The third-order valence-corrected chi connectivity index (χ3v) is 3.25. The molecule has 4 nitrogen and oxygen atoms in total. The quantitative estimate of drug-likeness (QED) is 0.832. The highest BCUT2D eigenvalue weighted by Crippen LogP contribution is 2.11. The minimum absolute atomic E-state index is 0.00583. The highest BCUT2D eigenvalue weighted by Gasteiger charge is 2.17. The summed E-state index contributed by atoms with van der Waals surface area (Å²) in [5.74, 6) is 1.18. The van der Waals surface area contributed by atoms with E-state index in [-0.39, 0.29) is 5.91 Å². The van der Waals surface area contributed by atoms with Crippen LogP contribution in [-0.4, -0.2) is 28.9 Å². The number of aromatic nitrogens is 1. The van der Waals surface area contributed by atoms with Gasteiger partial charge in [0.2, 0.25) is 0 Å². The van der Waals surface area contributed by atoms with E-state index in [1.165, 1.54) is 6.20 Å². The lowest BCUT2D eigenvalue weighted by Crippen LogP contribution is -2.34. The Morgan fingerprint density at radius 3 is 2.10 bits per heavy atom. The van der Waals surface area contributed by atoms with Crippen molar-refractivity contribution in [3.05, 3.63) is 24.0 Å². The topological polar surface area (TPSA) is 59.2 Å². The molecule has 0 bridgehead atoms. The summed E-state index contributed by atoms with van der Waals surface area (Å²) in [6.45, 7) is 10.3. The number of pyridine rings is 1. The summed E-state index contributed by atoms with van der Waals surface area (Å²) in [7, 11) is 0. The molecule has 0 saturated carbocycles. The van der Waals surface area contributed by atoms with E-state index in [4.69, 9.17) is 5.73 Å². The fourth-order valence-corrected chi connectivity index (χ4v) is 1.84. The standard InChI is InChI=1S/C16H27N3O/c1-12(2)7-9-19(10-8-13(3)4)16(20)15-6-5-14(17)11-18-15/h5-6,11-13H,7-10,17H2,1-4H3. The lowest BCUT2D eigenvalue weighted by atomic mass is 10.1. The minimum Gasteiger partial charge on any atom is -0.397 e. The van der Waals surface area contributed by atoms with Gasteiger partial charge in [-0.1, -0.05) is 27.7 Å². The van der Waals surface area contributed by atoms with Crippen LogP contribution in [0, 0.1) is 11.8 Å². The molecule has 1 rings (SSSR count). The van der Waals surface area contributed by atoms with Gasteiger partial charge in [0, 0.05) is 13.1 Å². The molecule has 1 aromatic rings. The number of nitrogen functional groups attached to an aromatic ring is 1. The zero-order valence-electron chi connectivity index (χ0n) is 13.1. The van der Waals surface area contributed by atoms with Crippen molar-refractivity contribution in [2.75, 3.05) is 18.8 Å². The molecule has 0 aliphatic rings. The van der Waals surface area contributed by atoms with Crippen molar-refractivity contribution in [1.82, 2.24) is 9.88 Å². The van der Waals surface area contributed by atoms with Crippen LogP contribution < -0.4 is 5.73 Å². The summed E-state index contributed by atoms with van der Waals surface area (Å²) >= 11 is 0. The highest BCUT2D eigenvalue weighted by atomic mass is 16.2. The molecule has 1 aromatic heterocycles. The van der Waals surface area contributed by atoms with E-state index in [1.807, 2.05) is 4.90 Å². The number of rotatable bonds is 7. The van der Waals surface area contributed by atoms with Crippen LogP contribution in [0.5, 0.6) is 0 Å². The van der Waals surface area contributed by atoms with Crippen molar-refractivity contribution < 1.29 is 4.79 Å². The molecule has 0 radical (unpaired) electrons. The molecule has 0 unspecified atom stereocenters. The first-order chi connectivity index (χ1) is 9.40. The lowest BCUT2D eigenvalue weighted by Gasteiger charge is -2.24. The number of anilines is 1. The fourth-order valence-electron chi connectivity index (χ4n) is 1.84.